The van der Waals surface area contributed by atoms with Crippen LogP contribution in [0.25, 0.3) is 0 Å². The zero-order valence-corrected chi connectivity index (χ0v) is 10.0. The highest BCUT2D eigenvalue weighted by molar-refractivity contribution is 4.51. The van der Waals surface area contributed by atoms with Crippen LogP contribution in [0, 0.1) is 0 Å². The van der Waals surface area contributed by atoms with Crippen LogP contribution in [-0.4, -0.2) is 75.0 Å². The van der Waals surface area contributed by atoms with Crippen molar-refractivity contribution in [1.82, 2.24) is 0 Å². The Balaban J connectivity index is 3.94. The Morgan fingerprint density at radius 1 is 1.00 bits per heavy atom. The van der Waals surface area contributed by atoms with Gasteiger partial charge in [-0.3, -0.25) is 0 Å². The van der Waals surface area contributed by atoms with Gasteiger partial charge in [0.1, 0.15) is 13.1 Å². The second-order valence-corrected chi connectivity index (χ2v) is 5.56. The van der Waals surface area contributed by atoms with Gasteiger partial charge in [0.15, 0.2) is 6.10 Å². The fourth-order valence-corrected chi connectivity index (χ4v) is 1.39. The lowest BCUT2D eigenvalue weighted by molar-refractivity contribution is -0.905. The Labute approximate surface area is 82.8 Å². The number of hydrogen-bond acceptors (Lipinski definition) is 1. The van der Waals surface area contributed by atoms with Gasteiger partial charge in [-0.25, -0.2) is 0 Å². The van der Waals surface area contributed by atoms with E-state index in [1.165, 1.54) is 0 Å². The topological polar surface area (TPSA) is 20.2 Å². The number of nitrogens with zero attached hydrogens (tertiary/aromatic N) is 2. The van der Waals surface area contributed by atoms with Crippen LogP contribution in [0.4, 0.5) is 0 Å². The van der Waals surface area contributed by atoms with Crippen molar-refractivity contribution in [1.29, 1.82) is 0 Å². The quantitative estimate of drug-likeness (QED) is 0.612. The summed E-state index contributed by atoms with van der Waals surface area (Å²) in [7, 11) is 10.6. The van der Waals surface area contributed by atoms with Crippen molar-refractivity contribution in [2.75, 3.05) is 54.9 Å². The molecule has 0 saturated heterocycles. The molecule has 0 fully saturated rings. The lowest BCUT2D eigenvalue weighted by Gasteiger charge is -2.33. The molecule has 1 atom stereocenters. The molecule has 0 aromatic carbocycles. The van der Waals surface area contributed by atoms with E-state index in [1.807, 2.05) is 0 Å². The van der Waals surface area contributed by atoms with Crippen molar-refractivity contribution in [3.8, 4) is 0 Å². The minimum atomic E-state index is -0.199. The van der Waals surface area contributed by atoms with Gasteiger partial charge in [-0.2, -0.15) is 0 Å². The molecule has 0 aromatic heterocycles. The van der Waals surface area contributed by atoms with E-state index in [-0.39, 0.29) is 6.10 Å². The van der Waals surface area contributed by atoms with Crippen LogP contribution in [-0.2, 0) is 0 Å². The van der Waals surface area contributed by atoms with Crippen LogP contribution in [0.3, 0.4) is 0 Å². The SMILES string of the molecule is CC[N+](C)(C)CC(O)C[N+](C)(C)C. The summed E-state index contributed by atoms with van der Waals surface area (Å²) < 4.78 is 1.71. The molecule has 3 heteroatoms. The van der Waals surface area contributed by atoms with E-state index >= 15 is 0 Å². The Bertz CT molecular complexity index is 149. The molecule has 0 amide bonds. The normalized spacial score (nSPS) is 15.9. The van der Waals surface area contributed by atoms with Crippen molar-refractivity contribution < 1.29 is 14.1 Å². The summed E-state index contributed by atoms with van der Waals surface area (Å²) in [5, 5.41) is 9.82. The molecule has 0 aliphatic heterocycles. The number of rotatable bonds is 5. The summed E-state index contributed by atoms with van der Waals surface area (Å²) in [5.74, 6) is 0. The van der Waals surface area contributed by atoms with Gasteiger partial charge in [-0.1, -0.05) is 0 Å². The van der Waals surface area contributed by atoms with E-state index in [2.05, 4.69) is 42.2 Å². The fourth-order valence-electron chi connectivity index (χ4n) is 1.39. The van der Waals surface area contributed by atoms with Crippen LogP contribution in [0.2, 0.25) is 0 Å². The average molecular weight is 190 g/mol. The first-order valence-corrected chi connectivity index (χ1v) is 4.97. The molecule has 0 aromatic rings. The number of aliphatic hydroxyl groups excluding tert-OH is 1. The maximum absolute atomic E-state index is 9.82. The summed E-state index contributed by atoms with van der Waals surface area (Å²) in [6.45, 7) is 4.88. The molecule has 1 unspecified atom stereocenters. The number of hydrogen-bond donors (Lipinski definition) is 1. The van der Waals surface area contributed by atoms with Gasteiger partial charge in [0.25, 0.3) is 0 Å². The smallest absolute Gasteiger partial charge is 0.152 e. The first-order valence-electron chi connectivity index (χ1n) is 4.97. The van der Waals surface area contributed by atoms with E-state index in [4.69, 9.17) is 0 Å². The minimum Gasteiger partial charge on any atom is -0.382 e. The zero-order chi connectivity index (χ0) is 10.7. The van der Waals surface area contributed by atoms with Crippen molar-refractivity contribution in [2.45, 2.75) is 13.0 Å². The lowest BCUT2D eigenvalue weighted by atomic mass is 10.2. The van der Waals surface area contributed by atoms with Gasteiger partial charge >= 0.3 is 0 Å². The zero-order valence-electron chi connectivity index (χ0n) is 10.0. The molecular weight excluding hydrogens is 164 g/mol. The van der Waals surface area contributed by atoms with Gasteiger partial charge in [0.05, 0.1) is 41.8 Å². The van der Waals surface area contributed by atoms with E-state index in [0.29, 0.717) is 0 Å². The van der Waals surface area contributed by atoms with Crippen molar-refractivity contribution in [3.63, 3.8) is 0 Å². The summed E-state index contributed by atoms with van der Waals surface area (Å²) >= 11 is 0. The fraction of sp³-hybridized carbons (Fsp3) is 1.00. The van der Waals surface area contributed by atoms with Crippen LogP contribution in [0.5, 0.6) is 0 Å². The number of likely N-dealkylation sites (N-methyl/N-ethyl adjacent to an activating group) is 2. The highest BCUT2D eigenvalue weighted by Gasteiger charge is 2.23. The van der Waals surface area contributed by atoms with Crippen LogP contribution >= 0.6 is 0 Å². The maximum atomic E-state index is 9.82. The second-order valence-electron chi connectivity index (χ2n) is 5.56. The third kappa shape index (κ3) is 6.99. The molecule has 0 heterocycles. The first kappa shape index (κ1) is 12.9. The average Bonchev–Trinajstić information content (AvgIpc) is 1.81. The Hall–Kier alpha value is -0.120. The van der Waals surface area contributed by atoms with Crippen molar-refractivity contribution in [2.24, 2.45) is 0 Å². The molecule has 0 bridgehead atoms. The number of aliphatic hydroxyl groups is 1. The summed E-state index contributed by atoms with van der Waals surface area (Å²) in [5.41, 5.74) is 0. The molecule has 13 heavy (non-hydrogen) atoms. The van der Waals surface area contributed by atoms with E-state index in [9.17, 15) is 5.11 Å². The summed E-state index contributed by atoms with van der Waals surface area (Å²) in [4.78, 5) is 0. The predicted molar refractivity (Wildman–Crippen MR) is 56.4 cm³/mol. The monoisotopic (exact) mass is 190 g/mol. The molecule has 0 rings (SSSR count). The summed E-state index contributed by atoms with van der Waals surface area (Å²) in [6.07, 6.45) is -0.199. The highest BCUT2D eigenvalue weighted by Crippen LogP contribution is 2.02. The molecule has 0 radical (unpaired) electrons. The minimum absolute atomic E-state index is 0.199. The van der Waals surface area contributed by atoms with E-state index in [0.717, 1.165) is 28.6 Å². The molecule has 80 valence electrons. The van der Waals surface area contributed by atoms with Crippen molar-refractivity contribution >= 4 is 0 Å². The Morgan fingerprint density at radius 2 is 1.46 bits per heavy atom. The van der Waals surface area contributed by atoms with Gasteiger partial charge in [0, 0.05) is 0 Å². The van der Waals surface area contributed by atoms with Crippen molar-refractivity contribution in [3.05, 3.63) is 0 Å². The van der Waals surface area contributed by atoms with Gasteiger partial charge in [-0.15, -0.1) is 0 Å². The summed E-state index contributed by atoms with van der Waals surface area (Å²) in [6, 6.07) is 0. The highest BCUT2D eigenvalue weighted by atomic mass is 16.3. The van der Waals surface area contributed by atoms with Gasteiger partial charge in [-0.05, 0) is 6.92 Å². The largest absolute Gasteiger partial charge is 0.382 e. The third-order valence-electron chi connectivity index (χ3n) is 2.32. The molecule has 3 nitrogen and oxygen atoms in total. The Kier molecular flexibility index (Phi) is 4.36. The molecule has 1 N–H and O–H groups in total. The van der Waals surface area contributed by atoms with Crippen LogP contribution in [0.15, 0.2) is 0 Å². The predicted octanol–water partition coefficient (Wildman–Crippen LogP) is 0.150. The number of quaternary nitrogens is 2. The van der Waals surface area contributed by atoms with Gasteiger partial charge in [0.2, 0.25) is 0 Å². The maximum Gasteiger partial charge on any atom is 0.152 e. The molecule has 0 saturated carbocycles. The molecule has 0 aliphatic rings. The van der Waals surface area contributed by atoms with Gasteiger partial charge < -0.3 is 14.1 Å². The lowest BCUT2D eigenvalue weighted by Crippen LogP contribution is -2.51. The van der Waals surface area contributed by atoms with Crippen LogP contribution < -0.4 is 0 Å². The third-order valence-corrected chi connectivity index (χ3v) is 2.32. The van der Waals surface area contributed by atoms with E-state index < -0.39 is 0 Å². The second kappa shape index (κ2) is 4.40. The molecule has 0 spiro atoms. The standard InChI is InChI=1S/C10H26N2O/c1-7-12(5,6)9-10(13)8-11(2,3)4/h10,13H,7-9H2,1-6H3/q+2. The molecule has 0 aliphatic carbocycles. The van der Waals surface area contributed by atoms with E-state index in [1.54, 1.807) is 0 Å². The first-order chi connectivity index (χ1) is 5.66. The molecular formula is C10H26N2O+2. The van der Waals surface area contributed by atoms with Crippen LogP contribution in [0.1, 0.15) is 6.92 Å². The Morgan fingerprint density at radius 3 is 1.77 bits per heavy atom.